The number of ether oxygens (including phenoxy) is 1. The Labute approximate surface area is 187 Å². The molecule has 1 fully saturated rings. The number of halogens is 1. The van der Waals surface area contributed by atoms with Crippen LogP contribution in [0.15, 0.2) is 60.8 Å². The van der Waals surface area contributed by atoms with E-state index in [0.29, 0.717) is 17.4 Å². The van der Waals surface area contributed by atoms with E-state index in [1.807, 2.05) is 82.2 Å². The maximum Gasteiger partial charge on any atom is 0.486 e. The Morgan fingerprint density at radius 2 is 1.84 bits per heavy atom. The van der Waals surface area contributed by atoms with Gasteiger partial charge in [-0.3, -0.25) is 0 Å². The molecule has 0 amide bonds. The molecule has 1 N–H and O–H groups in total. The van der Waals surface area contributed by atoms with E-state index < -0.39 is 0 Å². The number of nitrogens with zero attached hydrogens (tertiary/aromatic N) is 2. The van der Waals surface area contributed by atoms with E-state index >= 15 is 0 Å². The molecule has 3 aromatic rings. The van der Waals surface area contributed by atoms with Crippen molar-refractivity contribution in [2.75, 3.05) is 11.9 Å². The third-order valence-corrected chi connectivity index (χ3v) is 5.84. The summed E-state index contributed by atoms with van der Waals surface area (Å²) in [5, 5.41) is 4.81. The van der Waals surface area contributed by atoms with Crippen LogP contribution in [-0.4, -0.2) is 34.9 Å². The van der Waals surface area contributed by atoms with Gasteiger partial charge >= 0.3 is 7.12 Å². The van der Waals surface area contributed by atoms with Crippen molar-refractivity contribution in [1.82, 2.24) is 9.97 Å². The van der Waals surface area contributed by atoms with Gasteiger partial charge in [-0.05, 0) is 64.1 Å². The summed E-state index contributed by atoms with van der Waals surface area (Å²) in [6, 6.07) is 13.2. The Balaban J connectivity index is 1.44. The van der Waals surface area contributed by atoms with Crippen molar-refractivity contribution in [2.45, 2.75) is 38.9 Å². The van der Waals surface area contributed by atoms with E-state index in [-0.39, 0.29) is 18.3 Å². The summed E-state index contributed by atoms with van der Waals surface area (Å²) in [7, 11) is -0.382. The lowest BCUT2D eigenvalue weighted by molar-refractivity contribution is 0.00578. The van der Waals surface area contributed by atoms with Crippen LogP contribution in [0.4, 0.5) is 11.5 Å². The van der Waals surface area contributed by atoms with Crippen LogP contribution in [0.1, 0.15) is 27.7 Å². The number of rotatable bonds is 6. The highest BCUT2D eigenvalue weighted by Crippen LogP contribution is 2.36. The fourth-order valence-electron chi connectivity index (χ4n) is 3.21. The summed E-state index contributed by atoms with van der Waals surface area (Å²) in [5.41, 5.74) is 0.963. The molecule has 2 heterocycles. The second-order valence-electron chi connectivity index (χ2n) is 8.40. The predicted octanol–water partition coefficient (Wildman–Crippen LogP) is 5.59. The molecule has 4 rings (SSSR count). The first-order valence-electron chi connectivity index (χ1n) is 10.2. The standard InChI is InChI=1S/C23H25BClN3O3/c1-22(2)23(3,4)31-24(30-22)11-6-12-29-18-9-10-20-19(14-18)21(27-15-26-20)28-17-8-5-7-16(25)13-17/h5-11,13-15H,12H2,1-4H3,(H,26,27,28)/b11-6+. The molecule has 1 aromatic heterocycles. The highest BCUT2D eigenvalue weighted by atomic mass is 35.5. The number of aromatic nitrogens is 2. The van der Waals surface area contributed by atoms with Crippen LogP contribution in [0.5, 0.6) is 5.75 Å². The molecule has 0 bridgehead atoms. The number of fused-ring (bicyclic) bond motifs is 1. The van der Waals surface area contributed by atoms with Gasteiger partial charge < -0.3 is 19.4 Å². The highest BCUT2D eigenvalue weighted by molar-refractivity contribution is 6.51. The first-order chi connectivity index (χ1) is 14.7. The molecule has 1 saturated heterocycles. The van der Waals surface area contributed by atoms with Crippen molar-refractivity contribution < 1.29 is 14.0 Å². The minimum atomic E-state index is -0.382. The summed E-state index contributed by atoms with van der Waals surface area (Å²) < 4.78 is 17.8. The van der Waals surface area contributed by atoms with Crippen LogP contribution in [0.2, 0.25) is 5.02 Å². The van der Waals surface area contributed by atoms with Gasteiger partial charge in [-0.15, -0.1) is 0 Å². The normalized spacial score (nSPS) is 17.4. The Morgan fingerprint density at radius 1 is 1.06 bits per heavy atom. The summed E-state index contributed by atoms with van der Waals surface area (Å²) >= 11 is 6.09. The van der Waals surface area contributed by atoms with Crippen LogP contribution in [0.25, 0.3) is 10.9 Å². The molecule has 1 aliphatic heterocycles. The number of hydrogen-bond acceptors (Lipinski definition) is 6. The van der Waals surface area contributed by atoms with Crippen molar-refractivity contribution in [1.29, 1.82) is 0 Å². The topological polar surface area (TPSA) is 65.5 Å². The van der Waals surface area contributed by atoms with E-state index in [0.717, 1.165) is 22.3 Å². The van der Waals surface area contributed by atoms with E-state index in [4.69, 9.17) is 25.6 Å². The summed E-state index contributed by atoms with van der Waals surface area (Å²) in [5.74, 6) is 3.28. The molecule has 0 saturated carbocycles. The van der Waals surface area contributed by atoms with E-state index in [1.165, 1.54) is 6.33 Å². The maximum absolute atomic E-state index is 6.09. The van der Waals surface area contributed by atoms with Gasteiger partial charge in [0.25, 0.3) is 0 Å². The fraction of sp³-hybridized carbons (Fsp3) is 0.304. The van der Waals surface area contributed by atoms with Crippen molar-refractivity contribution in [3.8, 4) is 5.75 Å². The number of nitrogens with one attached hydrogen (secondary N) is 1. The zero-order chi connectivity index (χ0) is 22.1. The molecule has 0 unspecified atom stereocenters. The van der Waals surface area contributed by atoms with Crippen LogP contribution in [-0.2, 0) is 9.31 Å². The lowest BCUT2D eigenvalue weighted by Crippen LogP contribution is -2.41. The second kappa shape index (κ2) is 8.50. The lowest BCUT2D eigenvalue weighted by atomic mass is 9.90. The van der Waals surface area contributed by atoms with Gasteiger partial charge in [-0.25, -0.2) is 9.97 Å². The number of hydrogen-bond donors (Lipinski definition) is 1. The van der Waals surface area contributed by atoms with Crippen LogP contribution >= 0.6 is 11.6 Å². The molecule has 0 aliphatic carbocycles. The van der Waals surface area contributed by atoms with Crippen LogP contribution in [0, 0.1) is 0 Å². The maximum atomic E-state index is 6.09. The van der Waals surface area contributed by atoms with Gasteiger partial charge in [0.15, 0.2) is 0 Å². The van der Waals surface area contributed by atoms with Gasteiger partial charge in [0.2, 0.25) is 0 Å². The van der Waals surface area contributed by atoms with Gasteiger partial charge in [0.05, 0.1) is 16.7 Å². The second-order valence-corrected chi connectivity index (χ2v) is 8.84. The molecule has 31 heavy (non-hydrogen) atoms. The first kappa shape index (κ1) is 21.6. The van der Waals surface area contributed by atoms with Gasteiger partial charge in [0.1, 0.15) is 24.5 Å². The highest BCUT2D eigenvalue weighted by Gasteiger charge is 2.49. The molecule has 2 aromatic carbocycles. The monoisotopic (exact) mass is 437 g/mol. The zero-order valence-corrected chi connectivity index (χ0v) is 18.8. The molecule has 0 spiro atoms. The van der Waals surface area contributed by atoms with Crippen LogP contribution in [0.3, 0.4) is 0 Å². The SMILES string of the molecule is CC1(C)OB(/C=C/COc2ccc3ncnc(Nc4cccc(Cl)c4)c3c2)OC1(C)C. The molecular weight excluding hydrogens is 413 g/mol. The van der Waals surface area contributed by atoms with Crippen molar-refractivity contribution in [3.05, 3.63) is 65.9 Å². The minimum absolute atomic E-state index is 0.354. The Kier molecular flexibility index (Phi) is 5.93. The average Bonchev–Trinajstić information content (AvgIpc) is 2.92. The molecule has 6 nitrogen and oxygen atoms in total. The number of anilines is 2. The lowest BCUT2D eigenvalue weighted by Gasteiger charge is -2.32. The third-order valence-electron chi connectivity index (χ3n) is 5.61. The van der Waals surface area contributed by atoms with E-state index in [9.17, 15) is 0 Å². The van der Waals surface area contributed by atoms with Crippen LogP contribution < -0.4 is 10.1 Å². The van der Waals surface area contributed by atoms with E-state index in [1.54, 1.807) is 0 Å². The van der Waals surface area contributed by atoms with Crippen molar-refractivity contribution in [3.63, 3.8) is 0 Å². The average molecular weight is 438 g/mol. The molecule has 0 radical (unpaired) electrons. The smallest absolute Gasteiger partial charge is 0.486 e. The molecule has 0 atom stereocenters. The third kappa shape index (κ3) is 4.84. The fourth-order valence-corrected chi connectivity index (χ4v) is 3.40. The van der Waals surface area contributed by atoms with Gasteiger partial charge in [-0.2, -0.15) is 0 Å². The number of benzene rings is 2. The summed E-state index contributed by atoms with van der Waals surface area (Å²) in [6.07, 6.45) is 3.43. The molecule has 1 aliphatic rings. The van der Waals surface area contributed by atoms with Crippen molar-refractivity contribution in [2.24, 2.45) is 0 Å². The Bertz CT molecular complexity index is 1100. The Morgan fingerprint density at radius 3 is 2.58 bits per heavy atom. The summed E-state index contributed by atoms with van der Waals surface area (Å²) in [6.45, 7) is 8.51. The largest absolute Gasteiger partial charge is 0.490 e. The predicted molar refractivity (Wildman–Crippen MR) is 125 cm³/mol. The van der Waals surface area contributed by atoms with Gasteiger partial charge in [-0.1, -0.05) is 29.7 Å². The van der Waals surface area contributed by atoms with Gasteiger partial charge in [0, 0.05) is 16.1 Å². The molecule has 8 heteroatoms. The minimum Gasteiger partial charge on any atom is -0.490 e. The van der Waals surface area contributed by atoms with E-state index in [2.05, 4.69) is 15.3 Å². The quantitative estimate of drug-likeness (QED) is 0.507. The molecular formula is C23H25BClN3O3. The summed E-state index contributed by atoms with van der Waals surface area (Å²) in [4.78, 5) is 8.72. The zero-order valence-electron chi connectivity index (χ0n) is 18.1. The molecule has 160 valence electrons. The van der Waals surface area contributed by atoms with Crippen molar-refractivity contribution >= 4 is 41.1 Å². The Hall–Kier alpha value is -2.61. The first-order valence-corrected chi connectivity index (χ1v) is 10.5.